The van der Waals surface area contributed by atoms with Crippen molar-refractivity contribution in [1.29, 1.82) is 0 Å². The highest BCUT2D eigenvalue weighted by atomic mass is 16.6. The Labute approximate surface area is 148 Å². The summed E-state index contributed by atoms with van der Waals surface area (Å²) in [6, 6.07) is 6.49. The van der Waals surface area contributed by atoms with Gasteiger partial charge in [-0.2, -0.15) is 0 Å². The maximum absolute atomic E-state index is 11.7. The van der Waals surface area contributed by atoms with Crippen molar-refractivity contribution in [2.75, 3.05) is 25.6 Å². The number of benzene rings is 1. The fraction of sp³-hybridized carbons (Fsp3) is 0.250. The predicted octanol–water partition coefficient (Wildman–Crippen LogP) is -1.60. The van der Waals surface area contributed by atoms with Crippen LogP contribution in [0.4, 0.5) is 11.6 Å². The van der Waals surface area contributed by atoms with Crippen LogP contribution in [0.15, 0.2) is 29.1 Å². The molecule has 0 spiro atoms. The minimum Gasteiger partial charge on any atom is -0.486 e. The number of anilines is 1. The Morgan fingerprint density at radius 3 is 2.88 bits per heavy atom. The van der Waals surface area contributed by atoms with Crippen LogP contribution in [0, 0.1) is 0 Å². The molecule has 3 rings (SSSR count). The largest absolute Gasteiger partial charge is 0.486 e. The maximum atomic E-state index is 11.7. The minimum absolute atomic E-state index is 0.0962. The maximum Gasteiger partial charge on any atom is 0.325 e. The first-order valence-electron chi connectivity index (χ1n) is 7.76. The summed E-state index contributed by atoms with van der Waals surface area (Å²) in [5, 5.41) is 2.93. The lowest BCUT2D eigenvalue weighted by atomic mass is 10.2. The molecule has 1 aromatic carbocycles. The molecule has 2 heterocycles. The zero-order valence-corrected chi connectivity index (χ0v) is 14.0. The molecule has 0 saturated carbocycles. The van der Waals surface area contributed by atoms with Crippen molar-refractivity contribution in [3.05, 3.63) is 40.3 Å². The SMILES string of the molecule is COC(=O)Cc1cc(=O)[nH]c([NH+]=C(N)Nc2ccc3c(c2)OCCO3)n1. The van der Waals surface area contributed by atoms with E-state index in [0.29, 0.717) is 30.4 Å². The number of hydrogen-bond donors (Lipinski definition) is 4. The second-order valence-electron chi connectivity index (χ2n) is 5.36. The number of esters is 1. The van der Waals surface area contributed by atoms with Gasteiger partial charge in [0.1, 0.15) is 18.9 Å². The number of methoxy groups -OCH3 is 1. The molecule has 10 nitrogen and oxygen atoms in total. The van der Waals surface area contributed by atoms with E-state index in [1.54, 1.807) is 18.2 Å². The van der Waals surface area contributed by atoms with Crippen LogP contribution in [0.3, 0.4) is 0 Å². The summed E-state index contributed by atoms with van der Waals surface area (Å²) in [5.74, 6) is 0.995. The van der Waals surface area contributed by atoms with Crippen LogP contribution in [0.25, 0.3) is 0 Å². The topological polar surface area (TPSA) is 143 Å². The smallest absolute Gasteiger partial charge is 0.325 e. The fourth-order valence-electron chi connectivity index (χ4n) is 2.31. The Bertz CT molecular complexity index is 908. The van der Waals surface area contributed by atoms with Crippen molar-refractivity contribution in [3.63, 3.8) is 0 Å². The molecule has 1 aromatic heterocycles. The highest BCUT2D eigenvalue weighted by Gasteiger charge is 2.14. The van der Waals surface area contributed by atoms with Crippen LogP contribution < -0.4 is 31.1 Å². The lowest BCUT2D eigenvalue weighted by Gasteiger charge is -2.18. The van der Waals surface area contributed by atoms with Crippen LogP contribution in [0.5, 0.6) is 11.5 Å². The zero-order valence-electron chi connectivity index (χ0n) is 14.0. The number of ether oxygens (including phenoxy) is 3. The molecule has 0 fully saturated rings. The normalized spacial score (nSPS) is 13.2. The van der Waals surface area contributed by atoms with Gasteiger partial charge in [-0.25, -0.2) is 9.98 Å². The Hall–Kier alpha value is -3.56. The highest BCUT2D eigenvalue weighted by Crippen LogP contribution is 2.32. The van der Waals surface area contributed by atoms with Gasteiger partial charge in [-0.1, -0.05) is 0 Å². The number of aromatic nitrogens is 2. The van der Waals surface area contributed by atoms with E-state index in [1.165, 1.54) is 13.2 Å². The van der Waals surface area contributed by atoms with E-state index in [9.17, 15) is 9.59 Å². The third kappa shape index (κ3) is 4.29. The fourth-order valence-corrected chi connectivity index (χ4v) is 2.31. The summed E-state index contributed by atoms with van der Waals surface area (Å²) in [6.45, 7) is 0.989. The van der Waals surface area contributed by atoms with Gasteiger partial charge in [0, 0.05) is 12.1 Å². The Kier molecular flexibility index (Phi) is 5.02. The molecule has 136 valence electrons. The van der Waals surface area contributed by atoms with E-state index in [-0.39, 0.29) is 24.0 Å². The molecular formula is C16H18N5O5+. The van der Waals surface area contributed by atoms with E-state index < -0.39 is 11.5 Å². The van der Waals surface area contributed by atoms with E-state index >= 15 is 0 Å². The average Bonchev–Trinajstić information content (AvgIpc) is 2.60. The third-order valence-electron chi connectivity index (χ3n) is 3.42. The molecule has 1 aliphatic rings. The molecule has 26 heavy (non-hydrogen) atoms. The molecule has 5 N–H and O–H groups in total. The van der Waals surface area contributed by atoms with Crippen molar-refractivity contribution in [2.45, 2.75) is 6.42 Å². The Morgan fingerprint density at radius 2 is 2.12 bits per heavy atom. The second-order valence-corrected chi connectivity index (χ2v) is 5.36. The molecule has 0 bridgehead atoms. The van der Waals surface area contributed by atoms with Crippen LogP contribution >= 0.6 is 0 Å². The quantitative estimate of drug-likeness (QED) is 0.290. The number of carbonyl (C=O) groups excluding carboxylic acids is 1. The first-order chi connectivity index (χ1) is 12.5. The van der Waals surface area contributed by atoms with E-state index in [4.69, 9.17) is 15.2 Å². The van der Waals surface area contributed by atoms with Crippen molar-refractivity contribution in [3.8, 4) is 11.5 Å². The summed E-state index contributed by atoms with van der Waals surface area (Å²) in [5.41, 5.74) is 6.41. The highest BCUT2D eigenvalue weighted by molar-refractivity contribution is 5.88. The lowest BCUT2D eigenvalue weighted by Crippen LogP contribution is -2.73. The van der Waals surface area contributed by atoms with Gasteiger partial charge >= 0.3 is 11.9 Å². The second kappa shape index (κ2) is 7.55. The first kappa shape index (κ1) is 17.3. The number of nitrogens with zero attached hydrogens (tertiary/aromatic N) is 1. The Balaban J connectivity index is 1.77. The van der Waals surface area contributed by atoms with Crippen molar-refractivity contribution >= 4 is 23.6 Å². The number of carbonyl (C=O) groups is 1. The number of rotatable bonds is 4. The van der Waals surface area contributed by atoms with Gasteiger partial charge in [0.15, 0.2) is 11.5 Å². The Morgan fingerprint density at radius 1 is 1.35 bits per heavy atom. The molecule has 0 aliphatic carbocycles. The number of aromatic amines is 1. The van der Waals surface area contributed by atoms with Gasteiger partial charge in [-0.05, 0) is 12.1 Å². The lowest BCUT2D eigenvalue weighted by molar-refractivity contribution is -0.365. The van der Waals surface area contributed by atoms with Crippen LogP contribution in [-0.4, -0.2) is 42.2 Å². The number of nitrogens with two attached hydrogens (primary N) is 1. The number of nitrogens with one attached hydrogen (secondary N) is 3. The number of guanidine groups is 1. The first-order valence-corrected chi connectivity index (χ1v) is 7.76. The molecule has 2 aromatic rings. The number of fused-ring (bicyclic) bond motifs is 1. The van der Waals surface area contributed by atoms with E-state index in [2.05, 4.69) is 25.0 Å². The van der Waals surface area contributed by atoms with Gasteiger partial charge in [-0.15, -0.1) is 4.98 Å². The third-order valence-corrected chi connectivity index (χ3v) is 3.42. The minimum atomic E-state index is -0.500. The number of hydrogen-bond acceptors (Lipinski definition) is 6. The molecule has 0 unspecified atom stereocenters. The van der Waals surface area contributed by atoms with Crippen molar-refractivity contribution in [2.24, 2.45) is 5.73 Å². The summed E-state index contributed by atoms with van der Waals surface area (Å²) in [6.07, 6.45) is -0.120. The molecule has 0 amide bonds. The molecule has 0 saturated heterocycles. The number of H-pyrrole nitrogens is 1. The van der Waals surface area contributed by atoms with E-state index in [1.807, 2.05) is 0 Å². The van der Waals surface area contributed by atoms with E-state index in [0.717, 1.165) is 0 Å². The van der Waals surface area contributed by atoms with Crippen molar-refractivity contribution in [1.82, 2.24) is 9.97 Å². The van der Waals surface area contributed by atoms with Crippen LogP contribution in [0.1, 0.15) is 5.69 Å². The van der Waals surface area contributed by atoms with Crippen molar-refractivity contribution < 1.29 is 24.0 Å². The van der Waals surface area contributed by atoms with Crippen LogP contribution in [0.2, 0.25) is 0 Å². The standard InChI is InChI=1S/C16H17N5O5/c1-24-14(23)8-10-7-13(22)20-16(19-10)21-15(17)18-9-2-3-11-12(6-9)26-5-4-25-11/h2-3,6-7H,4-5,8H2,1H3,(H4,17,18,19,20,21,22)/p+1. The summed E-state index contributed by atoms with van der Waals surface area (Å²) >= 11 is 0. The van der Waals surface area contributed by atoms with Gasteiger partial charge in [-0.3, -0.25) is 14.9 Å². The molecule has 0 radical (unpaired) electrons. The summed E-state index contributed by atoms with van der Waals surface area (Å²) in [7, 11) is 1.26. The zero-order chi connectivity index (χ0) is 18.5. The molecular weight excluding hydrogens is 342 g/mol. The average molecular weight is 360 g/mol. The van der Waals surface area contributed by atoms with Crippen LogP contribution in [-0.2, 0) is 16.0 Å². The summed E-state index contributed by atoms with van der Waals surface area (Å²) in [4.78, 5) is 32.4. The van der Waals surface area contributed by atoms with Gasteiger partial charge < -0.3 is 19.9 Å². The van der Waals surface area contributed by atoms with Gasteiger partial charge in [0.25, 0.3) is 11.5 Å². The molecule has 10 heteroatoms. The summed E-state index contributed by atoms with van der Waals surface area (Å²) < 4.78 is 15.5. The van der Waals surface area contributed by atoms with Gasteiger partial charge in [0.05, 0.1) is 19.2 Å². The predicted molar refractivity (Wildman–Crippen MR) is 91.4 cm³/mol. The molecule has 1 aliphatic heterocycles. The monoisotopic (exact) mass is 360 g/mol. The van der Waals surface area contributed by atoms with Gasteiger partial charge in [0.2, 0.25) is 0 Å². The molecule has 0 atom stereocenters.